The number of benzene rings is 1. The highest BCUT2D eigenvalue weighted by Gasteiger charge is 2.16. The lowest BCUT2D eigenvalue weighted by atomic mass is 10.0. The lowest BCUT2D eigenvalue weighted by Crippen LogP contribution is -2.20. The van der Waals surface area contributed by atoms with E-state index in [4.69, 9.17) is 4.74 Å². The Morgan fingerprint density at radius 2 is 2.05 bits per heavy atom. The quantitative estimate of drug-likeness (QED) is 0.880. The predicted octanol–water partition coefficient (Wildman–Crippen LogP) is 3.08. The minimum atomic E-state index is 0.277. The van der Waals surface area contributed by atoms with Gasteiger partial charge in [-0.1, -0.05) is 12.1 Å². The largest absolute Gasteiger partial charge is 0.497 e. The van der Waals surface area contributed by atoms with Crippen LogP contribution in [0.5, 0.6) is 5.75 Å². The number of aromatic nitrogens is 2. The number of nitrogens with zero attached hydrogens (tertiary/aromatic N) is 2. The van der Waals surface area contributed by atoms with Crippen LogP contribution >= 0.6 is 15.9 Å². The van der Waals surface area contributed by atoms with Crippen LogP contribution in [0.4, 0.5) is 0 Å². The molecule has 0 saturated heterocycles. The molecular weight excluding hydrogens is 318 g/mol. The van der Waals surface area contributed by atoms with Gasteiger partial charge in [0.05, 0.1) is 29.5 Å². The molecule has 0 spiro atoms. The summed E-state index contributed by atoms with van der Waals surface area (Å²) in [7, 11) is 5.64. The Balaban J connectivity index is 2.03. The molecule has 0 bridgehead atoms. The van der Waals surface area contributed by atoms with Gasteiger partial charge in [0.1, 0.15) is 5.75 Å². The van der Waals surface area contributed by atoms with Crippen LogP contribution in [0.15, 0.2) is 34.9 Å². The summed E-state index contributed by atoms with van der Waals surface area (Å²) in [6.45, 7) is 0. The molecule has 0 radical (unpaired) electrons. The average Bonchev–Trinajstić information content (AvgIpc) is 2.81. The number of halogens is 1. The van der Waals surface area contributed by atoms with Crippen molar-refractivity contribution in [3.8, 4) is 5.75 Å². The Hall–Kier alpha value is -1.33. The zero-order valence-corrected chi connectivity index (χ0v) is 13.6. The summed E-state index contributed by atoms with van der Waals surface area (Å²) < 4.78 is 8.14. The minimum absolute atomic E-state index is 0.277. The Morgan fingerprint density at radius 1 is 1.35 bits per heavy atom. The Labute approximate surface area is 128 Å². The number of rotatable bonds is 6. The Morgan fingerprint density at radius 3 is 2.55 bits per heavy atom. The van der Waals surface area contributed by atoms with Crippen LogP contribution < -0.4 is 10.1 Å². The Bertz CT molecular complexity index is 531. The normalized spacial score (nSPS) is 12.4. The summed E-state index contributed by atoms with van der Waals surface area (Å²) >= 11 is 3.56. The first-order chi connectivity index (χ1) is 9.65. The highest BCUT2D eigenvalue weighted by Crippen LogP contribution is 2.26. The van der Waals surface area contributed by atoms with E-state index in [1.807, 2.05) is 37.1 Å². The molecule has 108 valence electrons. The topological polar surface area (TPSA) is 39.1 Å². The summed E-state index contributed by atoms with van der Waals surface area (Å²) in [5.41, 5.74) is 2.49. The van der Waals surface area contributed by atoms with Crippen LogP contribution in [-0.4, -0.2) is 23.9 Å². The van der Waals surface area contributed by atoms with Crippen molar-refractivity contribution in [1.82, 2.24) is 15.1 Å². The van der Waals surface area contributed by atoms with Gasteiger partial charge in [-0.2, -0.15) is 5.10 Å². The van der Waals surface area contributed by atoms with Crippen molar-refractivity contribution < 1.29 is 4.74 Å². The molecule has 5 heteroatoms. The fourth-order valence-corrected chi connectivity index (χ4v) is 2.96. The van der Waals surface area contributed by atoms with Crippen LogP contribution in [0.25, 0.3) is 0 Å². The molecule has 0 aliphatic heterocycles. The maximum Gasteiger partial charge on any atom is 0.118 e. The minimum Gasteiger partial charge on any atom is -0.497 e. The third-order valence-electron chi connectivity index (χ3n) is 3.50. The van der Waals surface area contributed by atoms with E-state index < -0.39 is 0 Å². The molecular formula is C15H20BrN3O. The second kappa shape index (κ2) is 6.90. The monoisotopic (exact) mass is 337 g/mol. The molecule has 1 unspecified atom stereocenters. The molecule has 1 N–H and O–H groups in total. The van der Waals surface area contributed by atoms with Crippen LogP contribution in [0.2, 0.25) is 0 Å². The van der Waals surface area contributed by atoms with Crippen molar-refractivity contribution in [3.05, 3.63) is 46.2 Å². The number of hydrogen-bond donors (Lipinski definition) is 1. The zero-order chi connectivity index (χ0) is 14.5. The molecule has 2 rings (SSSR count). The maximum absolute atomic E-state index is 5.18. The number of hydrogen-bond acceptors (Lipinski definition) is 3. The molecule has 0 amide bonds. The molecule has 0 aliphatic carbocycles. The van der Waals surface area contributed by atoms with Crippen LogP contribution in [-0.2, 0) is 13.5 Å². The third-order valence-corrected chi connectivity index (χ3v) is 4.11. The van der Waals surface area contributed by atoms with Crippen LogP contribution in [0.1, 0.15) is 23.7 Å². The smallest absolute Gasteiger partial charge is 0.118 e. The van der Waals surface area contributed by atoms with Gasteiger partial charge in [0.15, 0.2) is 0 Å². The first-order valence-electron chi connectivity index (χ1n) is 6.63. The predicted molar refractivity (Wildman–Crippen MR) is 84.0 cm³/mol. The Kier molecular flexibility index (Phi) is 5.20. The molecule has 1 heterocycles. The third kappa shape index (κ3) is 3.41. The van der Waals surface area contributed by atoms with E-state index in [1.165, 1.54) is 11.3 Å². The first kappa shape index (κ1) is 15.1. The summed E-state index contributed by atoms with van der Waals surface area (Å²) in [5, 5.41) is 7.64. The molecule has 1 aromatic carbocycles. The van der Waals surface area contributed by atoms with Crippen LogP contribution in [0.3, 0.4) is 0 Å². The summed E-state index contributed by atoms with van der Waals surface area (Å²) in [6.07, 6.45) is 3.86. The molecule has 0 aliphatic rings. The van der Waals surface area contributed by atoms with Gasteiger partial charge >= 0.3 is 0 Å². The number of nitrogens with one attached hydrogen (secondary N) is 1. The van der Waals surface area contributed by atoms with Crippen molar-refractivity contribution in [3.63, 3.8) is 0 Å². The van der Waals surface area contributed by atoms with Gasteiger partial charge in [0.2, 0.25) is 0 Å². The second-order valence-corrected chi connectivity index (χ2v) is 5.58. The van der Waals surface area contributed by atoms with Gasteiger partial charge in [-0.15, -0.1) is 0 Å². The molecule has 20 heavy (non-hydrogen) atoms. The SMILES string of the molecule is CNC(CCc1ccc(OC)cc1)c1c(Br)cnn1C. The average molecular weight is 338 g/mol. The van der Waals surface area contributed by atoms with E-state index in [0.29, 0.717) is 0 Å². The van der Waals surface area contributed by atoms with E-state index >= 15 is 0 Å². The van der Waals surface area contributed by atoms with Crippen molar-refractivity contribution in [2.24, 2.45) is 7.05 Å². The molecule has 1 aromatic heterocycles. The van der Waals surface area contributed by atoms with Crippen LogP contribution in [0, 0.1) is 0 Å². The maximum atomic E-state index is 5.18. The van der Waals surface area contributed by atoms with Gasteiger partial charge in [0.25, 0.3) is 0 Å². The van der Waals surface area contributed by atoms with Gasteiger partial charge < -0.3 is 10.1 Å². The summed E-state index contributed by atoms with van der Waals surface area (Å²) in [5.74, 6) is 0.897. The number of ether oxygens (including phenoxy) is 1. The molecule has 0 fully saturated rings. The zero-order valence-electron chi connectivity index (χ0n) is 12.1. The van der Waals surface area contributed by atoms with Crippen molar-refractivity contribution in [2.75, 3.05) is 14.2 Å². The first-order valence-corrected chi connectivity index (χ1v) is 7.42. The molecule has 2 aromatic rings. The fourth-order valence-electron chi connectivity index (χ4n) is 2.33. The molecule has 4 nitrogen and oxygen atoms in total. The van der Waals surface area contributed by atoms with Gasteiger partial charge in [0, 0.05) is 7.05 Å². The lowest BCUT2D eigenvalue weighted by Gasteiger charge is -2.17. The highest BCUT2D eigenvalue weighted by molar-refractivity contribution is 9.10. The van der Waals surface area contributed by atoms with E-state index in [-0.39, 0.29) is 6.04 Å². The summed E-state index contributed by atoms with van der Waals surface area (Å²) in [6, 6.07) is 8.51. The van der Waals surface area contributed by atoms with Crippen molar-refractivity contribution in [2.45, 2.75) is 18.9 Å². The molecule has 1 atom stereocenters. The fraction of sp³-hybridized carbons (Fsp3) is 0.400. The summed E-state index contributed by atoms with van der Waals surface area (Å²) in [4.78, 5) is 0. The lowest BCUT2D eigenvalue weighted by molar-refractivity contribution is 0.414. The van der Waals surface area contributed by atoms with E-state index in [0.717, 1.165) is 23.1 Å². The number of aryl methyl sites for hydroxylation is 2. The van der Waals surface area contributed by atoms with Crippen molar-refractivity contribution >= 4 is 15.9 Å². The number of methoxy groups -OCH3 is 1. The second-order valence-electron chi connectivity index (χ2n) is 4.73. The van der Waals surface area contributed by atoms with Gasteiger partial charge in [-0.25, -0.2) is 0 Å². The molecule has 0 saturated carbocycles. The van der Waals surface area contributed by atoms with Crippen molar-refractivity contribution in [1.29, 1.82) is 0 Å². The van der Waals surface area contributed by atoms with E-state index in [1.54, 1.807) is 7.11 Å². The van der Waals surface area contributed by atoms with E-state index in [9.17, 15) is 0 Å². The van der Waals surface area contributed by atoms with E-state index in [2.05, 4.69) is 38.5 Å². The highest BCUT2D eigenvalue weighted by atomic mass is 79.9. The van der Waals surface area contributed by atoms with Gasteiger partial charge in [-0.3, -0.25) is 4.68 Å². The standard InChI is InChI=1S/C15H20BrN3O/c1-17-14(15-13(16)10-18-19(15)2)9-6-11-4-7-12(20-3)8-5-11/h4-5,7-8,10,14,17H,6,9H2,1-3H3. The van der Waals surface area contributed by atoms with Gasteiger partial charge in [-0.05, 0) is 53.5 Å².